The van der Waals surface area contributed by atoms with Gasteiger partial charge in [0.25, 0.3) is 0 Å². The second-order valence-electron chi connectivity index (χ2n) is 3.48. The van der Waals surface area contributed by atoms with Crippen molar-refractivity contribution in [2.45, 2.75) is 6.42 Å². The average molecular weight is 235 g/mol. The average Bonchev–Trinajstić information content (AvgIpc) is 2.58. The van der Waals surface area contributed by atoms with Crippen LogP contribution >= 0.6 is 0 Å². The van der Waals surface area contributed by atoms with Gasteiger partial charge >= 0.3 is 0 Å². The minimum absolute atomic E-state index is 0.0384. The van der Waals surface area contributed by atoms with Gasteiger partial charge in [-0.1, -0.05) is 0 Å². The van der Waals surface area contributed by atoms with Crippen LogP contribution in [-0.2, 0) is 4.79 Å². The molecule has 1 amide bonds. The summed E-state index contributed by atoms with van der Waals surface area (Å²) >= 11 is 0. The minimum atomic E-state index is -1.08. The zero-order chi connectivity index (χ0) is 12.6. The number of rotatable bonds is 1. The lowest BCUT2D eigenvalue weighted by atomic mass is 10.2. The monoisotopic (exact) mass is 235 g/mol. The molecule has 0 atom stereocenters. The molecule has 17 heavy (non-hydrogen) atoms. The molecule has 0 spiro atoms. The van der Waals surface area contributed by atoms with E-state index >= 15 is 0 Å². The molecule has 1 aromatic rings. The zero-order valence-corrected chi connectivity index (χ0v) is 8.58. The smallest absolute Gasteiger partial charge is 0.238 e. The maximum atomic E-state index is 13.0. The Hall–Kier alpha value is -2.42. The highest BCUT2D eigenvalue weighted by atomic mass is 19.2. The Labute approximate surface area is 95.5 Å². The summed E-state index contributed by atoms with van der Waals surface area (Å²) in [4.78, 5) is 12.6. The van der Waals surface area contributed by atoms with E-state index in [0.717, 1.165) is 17.0 Å². The molecule has 0 aliphatic carbocycles. The van der Waals surface area contributed by atoms with Crippen LogP contribution in [0.2, 0.25) is 0 Å². The number of hydrogen-bond acceptors (Lipinski definition) is 3. The Bertz CT molecular complexity index is 575. The molecule has 4 nitrogen and oxygen atoms in total. The van der Waals surface area contributed by atoms with E-state index in [-0.39, 0.29) is 23.5 Å². The number of halogens is 2. The molecule has 0 unspecified atom stereocenters. The topological polar surface area (TPSA) is 70.1 Å². The van der Waals surface area contributed by atoms with Gasteiger partial charge in [0.2, 0.25) is 5.91 Å². The van der Waals surface area contributed by atoms with E-state index in [4.69, 9.17) is 11.0 Å². The van der Waals surface area contributed by atoms with Gasteiger partial charge in [0.15, 0.2) is 11.6 Å². The number of anilines is 1. The van der Waals surface area contributed by atoms with Crippen LogP contribution in [0.1, 0.15) is 6.42 Å². The van der Waals surface area contributed by atoms with E-state index in [1.807, 2.05) is 0 Å². The largest absolute Gasteiger partial charge is 0.384 e. The van der Waals surface area contributed by atoms with Crippen LogP contribution in [0.3, 0.4) is 0 Å². The van der Waals surface area contributed by atoms with Gasteiger partial charge in [0.1, 0.15) is 5.82 Å². The molecule has 1 aliphatic heterocycles. The second kappa shape index (κ2) is 3.87. The second-order valence-corrected chi connectivity index (χ2v) is 3.48. The van der Waals surface area contributed by atoms with E-state index in [1.165, 1.54) is 6.07 Å². The summed E-state index contributed by atoms with van der Waals surface area (Å²) in [5.41, 5.74) is 5.82. The first kappa shape index (κ1) is 11.1. The molecule has 2 rings (SSSR count). The van der Waals surface area contributed by atoms with E-state index < -0.39 is 17.5 Å². The molecular formula is C11H7F2N3O. The molecule has 6 heteroatoms. The van der Waals surface area contributed by atoms with Crippen LogP contribution in [0, 0.1) is 23.0 Å². The van der Waals surface area contributed by atoms with E-state index in [0.29, 0.717) is 0 Å². The highest BCUT2D eigenvalue weighted by Crippen LogP contribution is 2.28. The number of benzene rings is 1. The molecule has 1 heterocycles. The Balaban J connectivity index is 2.47. The molecule has 0 bridgehead atoms. The maximum Gasteiger partial charge on any atom is 0.238 e. The molecule has 0 radical (unpaired) electrons. The van der Waals surface area contributed by atoms with Gasteiger partial charge in [0, 0.05) is 6.07 Å². The van der Waals surface area contributed by atoms with Gasteiger partial charge in [-0.05, 0) is 12.1 Å². The maximum absolute atomic E-state index is 13.0. The van der Waals surface area contributed by atoms with Crippen LogP contribution < -0.4 is 10.6 Å². The fourth-order valence-electron chi connectivity index (χ4n) is 1.59. The number of amides is 1. The summed E-state index contributed by atoms with van der Waals surface area (Å²) in [5.74, 6) is -2.56. The molecule has 2 N–H and O–H groups in total. The summed E-state index contributed by atoms with van der Waals surface area (Å²) in [7, 11) is 0. The third-order valence-corrected chi connectivity index (χ3v) is 2.42. The number of nitrogens with two attached hydrogens (primary N) is 1. The molecule has 0 saturated heterocycles. The lowest BCUT2D eigenvalue weighted by molar-refractivity contribution is -0.116. The lowest BCUT2D eigenvalue weighted by Gasteiger charge is -2.17. The number of nitriles is 1. The first-order valence-corrected chi connectivity index (χ1v) is 4.71. The van der Waals surface area contributed by atoms with Crippen molar-refractivity contribution < 1.29 is 13.6 Å². The van der Waals surface area contributed by atoms with Gasteiger partial charge in [-0.25, -0.2) is 8.78 Å². The highest BCUT2D eigenvalue weighted by molar-refractivity contribution is 6.01. The summed E-state index contributed by atoms with van der Waals surface area (Å²) in [6.45, 7) is 0. The van der Waals surface area contributed by atoms with E-state index in [9.17, 15) is 13.6 Å². The molecule has 0 aromatic heterocycles. The van der Waals surface area contributed by atoms with Crippen molar-refractivity contribution in [1.29, 1.82) is 5.26 Å². The summed E-state index contributed by atoms with van der Waals surface area (Å²) in [6, 6.07) is 4.78. The highest BCUT2D eigenvalue weighted by Gasteiger charge is 2.30. The van der Waals surface area contributed by atoms with Crippen molar-refractivity contribution in [3.8, 4) is 6.07 Å². The summed E-state index contributed by atoms with van der Waals surface area (Å²) in [6.07, 6.45) is -0.124. The van der Waals surface area contributed by atoms with Crippen molar-refractivity contribution in [2.24, 2.45) is 5.73 Å². The van der Waals surface area contributed by atoms with Crippen LogP contribution in [0.5, 0.6) is 0 Å². The Kier molecular flexibility index (Phi) is 2.52. The van der Waals surface area contributed by atoms with Crippen molar-refractivity contribution in [3.63, 3.8) is 0 Å². The molecular weight excluding hydrogens is 228 g/mol. The molecule has 86 valence electrons. The summed E-state index contributed by atoms with van der Waals surface area (Å²) < 4.78 is 25.8. The number of hydrogen-bond donors (Lipinski definition) is 1. The molecule has 1 aliphatic rings. The van der Waals surface area contributed by atoms with Crippen molar-refractivity contribution in [1.82, 2.24) is 0 Å². The van der Waals surface area contributed by atoms with Crippen LogP contribution in [0.15, 0.2) is 29.6 Å². The normalized spacial score (nSPS) is 15.4. The first-order chi connectivity index (χ1) is 8.04. The fraction of sp³-hybridized carbons (Fsp3) is 0.0909. The molecule has 1 aromatic carbocycles. The van der Waals surface area contributed by atoms with Gasteiger partial charge < -0.3 is 5.73 Å². The Morgan fingerprint density at radius 3 is 2.59 bits per heavy atom. The van der Waals surface area contributed by atoms with Gasteiger partial charge in [0.05, 0.1) is 23.8 Å². The van der Waals surface area contributed by atoms with Crippen LogP contribution in [0.25, 0.3) is 0 Å². The number of nitrogens with zero attached hydrogens (tertiary/aromatic N) is 2. The molecule has 0 fully saturated rings. The lowest BCUT2D eigenvalue weighted by Crippen LogP contribution is -2.28. The Morgan fingerprint density at radius 1 is 1.35 bits per heavy atom. The summed E-state index contributed by atoms with van der Waals surface area (Å²) in [5, 5.41) is 8.72. The van der Waals surface area contributed by atoms with E-state index in [2.05, 4.69) is 0 Å². The molecule has 0 saturated carbocycles. The van der Waals surface area contributed by atoms with Crippen molar-refractivity contribution in [3.05, 3.63) is 41.2 Å². The standard InChI is InChI=1S/C11H7F2N3O/c12-8-2-1-7(4-9(8)13)16-10(17)3-6(5-14)11(16)15/h1-2,4H,3,15H2. The van der Waals surface area contributed by atoms with Crippen molar-refractivity contribution in [2.75, 3.05) is 4.90 Å². The van der Waals surface area contributed by atoms with Crippen LogP contribution in [-0.4, -0.2) is 5.91 Å². The van der Waals surface area contributed by atoms with Crippen molar-refractivity contribution >= 4 is 11.6 Å². The van der Waals surface area contributed by atoms with E-state index in [1.54, 1.807) is 6.07 Å². The third kappa shape index (κ3) is 1.72. The third-order valence-electron chi connectivity index (χ3n) is 2.42. The predicted molar refractivity (Wildman–Crippen MR) is 55.3 cm³/mol. The van der Waals surface area contributed by atoms with Crippen LogP contribution in [0.4, 0.5) is 14.5 Å². The number of carbonyl (C=O) groups excluding carboxylic acids is 1. The fourth-order valence-corrected chi connectivity index (χ4v) is 1.59. The SMILES string of the molecule is N#CC1=C(N)N(c2ccc(F)c(F)c2)C(=O)C1. The zero-order valence-electron chi connectivity index (χ0n) is 8.58. The predicted octanol–water partition coefficient (Wildman–Crippen LogP) is 1.40. The van der Waals surface area contributed by atoms with Gasteiger partial charge in [-0.15, -0.1) is 0 Å². The first-order valence-electron chi connectivity index (χ1n) is 4.71. The van der Waals surface area contributed by atoms with Gasteiger partial charge in [-0.2, -0.15) is 5.26 Å². The quantitative estimate of drug-likeness (QED) is 0.799. The Morgan fingerprint density at radius 2 is 2.06 bits per heavy atom. The van der Waals surface area contributed by atoms with Gasteiger partial charge in [-0.3, -0.25) is 9.69 Å². The number of carbonyl (C=O) groups is 1. The minimum Gasteiger partial charge on any atom is -0.384 e.